The maximum atomic E-state index is 6.17. The number of nitrogens with one attached hydrogen (secondary N) is 1. The zero-order chi connectivity index (χ0) is 13.7. The summed E-state index contributed by atoms with van der Waals surface area (Å²) in [4.78, 5) is 4.25. The highest BCUT2D eigenvalue weighted by Gasteiger charge is 2.06. The third-order valence-electron chi connectivity index (χ3n) is 2.45. The van der Waals surface area contributed by atoms with Gasteiger partial charge in [0, 0.05) is 17.2 Å². The molecule has 0 atom stereocenters. The van der Waals surface area contributed by atoms with Gasteiger partial charge in [0.05, 0.1) is 0 Å². The van der Waals surface area contributed by atoms with E-state index in [0.717, 1.165) is 23.1 Å². The van der Waals surface area contributed by atoms with Crippen molar-refractivity contribution in [3.63, 3.8) is 0 Å². The summed E-state index contributed by atoms with van der Waals surface area (Å²) >= 11 is 9.56. The lowest BCUT2D eigenvalue weighted by atomic mass is 10.3. The first-order chi connectivity index (χ1) is 9.19. The number of nitrogens with zero attached hydrogens (tertiary/aromatic N) is 1. The molecule has 5 heteroatoms. The highest BCUT2D eigenvalue weighted by Crippen LogP contribution is 2.28. The SMILES string of the molecule is CCNCc1cnc(Oc2cccc(Br)c2)c(Cl)c1. The van der Waals surface area contributed by atoms with Crippen LogP contribution < -0.4 is 10.1 Å². The van der Waals surface area contributed by atoms with E-state index >= 15 is 0 Å². The predicted octanol–water partition coefficient (Wildman–Crippen LogP) is 4.40. The zero-order valence-corrected chi connectivity index (χ0v) is 12.8. The highest BCUT2D eigenvalue weighted by atomic mass is 79.9. The van der Waals surface area contributed by atoms with Crippen LogP contribution in [-0.2, 0) is 6.54 Å². The van der Waals surface area contributed by atoms with E-state index in [9.17, 15) is 0 Å². The highest BCUT2D eigenvalue weighted by molar-refractivity contribution is 9.10. The Morgan fingerprint density at radius 2 is 2.21 bits per heavy atom. The van der Waals surface area contributed by atoms with Gasteiger partial charge in [-0.2, -0.15) is 0 Å². The second kappa shape index (κ2) is 6.89. The molecule has 0 aliphatic rings. The Morgan fingerprint density at radius 3 is 2.89 bits per heavy atom. The molecule has 0 bridgehead atoms. The molecule has 2 rings (SSSR count). The largest absolute Gasteiger partial charge is 0.438 e. The molecule has 0 radical (unpaired) electrons. The molecule has 3 nitrogen and oxygen atoms in total. The molecule has 1 N–H and O–H groups in total. The van der Waals surface area contributed by atoms with E-state index in [1.54, 1.807) is 6.20 Å². The maximum absolute atomic E-state index is 6.17. The molecular formula is C14H14BrClN2O. The predicted molar refractivity (Wildman–Crippen MR) is 80.8 cm³/mol. The van der Waals surface area contributed by atoms with Crippen molar-refractivity contribution >= 4 is 27.5 Å². The molecule has 0 spiro atoms. The fraction of sp³-hybridized carbons (Fsp3) is 0.214. The fourth-order valence-corrected chi connectivity index (χ4v) is 2.15. The van der Waals surface area contributed by atoms with Crippen LogP contribution in [0.4, 0.5) is 0 Å². The van der Waals surface area contributed by atoms with Crippen LogP contribution in [0.25, 0.3) is 0 Å². The van der Waals surface area contributed by atoms with E-state index in [2.05, 4.69) is 33.2 Å². The summed E-state index contributed by atoms with van der Waals surface area (Å²) in [5, 5.41) is 3.73. The fourth-order valence-electron chi connectivity index (χ4n) is 1.55. The molecular weight excluding hydrogens is 328 g/mol. The first-order valence-electron chi connectivity index (χ1n) is 5.97. The van der Waals surface area contributed by atoms with Gasteiger partial charge in [-0.3, -0.25) is 0 Å². The standard InChI is InChI=1S/C14H14BrClN2O/c1-2-17-8-10-6-13(16)14(18-9-10)19-12-5-3-4-11(15)7-12/h3-7,9,17H,2,8H2,1H3. The minimum absolute atomic E-state index is 0.417. The summed E-state index contributed by atoms with van der Waals surface area (Å²) in [5.74, 6) is 1.11. The molecule has 0 aliphatic heterocycles. The van der Waals surface area contributed by atoms with Crippen molar-refractivity contribution in [2.45, 2.75) is 13.5 Å². The molecule has 0 fully saturated rings. The van der Waals surface area contributed by atoms with Gasteiger partial charge >= 0.3 is 0 Å². The van der Waals surface area contributed by atoms with Crippen LogP contribution in [0.2, 0.25) is 5.02 Å². The number of ether oxygens (including phenoxy) is 1. The Labute approximate surface area is 126 Å². The third kappa shape index (κ3) is 4.20. The monoisotopic (exact) mass is 340 g/mol. The molecule has 1 aromatic heterocycles. The summed E-state index contributed by atoms with van der Waals surface area (Å²) in [7, 11) is 0. The summed E-state index contributed by atoms with van der Waals surface area (Å²) in [6, 6.07) is 9.42. The number of benzene rings is 1. The van der Waals surface area contributed by atoms with E-state index < -0.39 is 0 Å². The van der Waals surface area contributed by atoms with Crippen molar-refractivity contribution in [1.29, 1.82) is 0 Å². The van der Waals surface area contributed by atoms with Crippen LogP contribution in [0, 0.1) is 0 Å². The Kier molecular flexibility index (Phi) is 5.19. The molecule has 19 heavy (non-hydrogen) atoms. The van der Waals surface area contributed by atoms with E-state index in [-0.39, 0.29) is 0 Å². The number of hydrogen-bond acceptors (Lipinski definition) is 3. The Morgan fingerprint density at radius 1 is 1.37 bits per heavy atom. The maximum Gasteiger partial charge on any atom is 0.238 e. The van der Waals surface area contributed by atoms with Crippen LogP contribution in [-0.4, -0.2) is 11.5 Å². The summed E-state index contributed by atoms with van der Waals surface area (Å²) in [6.07, 6.45) is 1.77. The third-order valence-corrected chi connectivity index (χ3v) is 3.22. The molecule has 100 valence electrons. The van der Waals surface area contributed by atoms with Gasteiger partial charge in [0.25, 0.3) is 0 Å². The first kappa shape index (κ1) is 14.3. The summed E-state index contributed by atoms with van der Waals surface area (Å²) in [5.41, 5.74) is 1.04. The van der Waals surface area contributed by atoms with E-state index in [1.165, 1.54) is 0 Å². The van der Waals surface area contributed by atoms with Crippen LogP contribution in [0.5, 0.6) is 11.6 Å². The quantitative estimate of drug-likeness (QED) is 0.875. The molecule has 1 aromatic carbocycles. The minimum Gasteiger partial charge on any atom is -0.438 e. The topological polar surface area (TPSA) is 34.2 Å². The average molecular weight is 342 g/mol. The lowest BCUT2D eigenvalue weighted by molar-refractivity contribution is 0.462. The summed E-state index contributed by atoms with van der Waals surface area (Å²) < 4.78 is 6.60. The number of pyridine rings is 1. The van der Waals surface area contributed by atoms with Gasteiger partial charge in [-0.15, -0.1) is 0 Å². The number of rotatable bonds is 5. The van der Waals surface area contributed by atoms with Crippen LogP contribution in [0.1, 0.15) is 12.5 Å². The van der Waals surface area contributed by atoms with Gasteiger partial charge in [0.1, 0.15) is 10.8 Å². The Bertz CT molecular complexity index is 563. The van der Waals surface area contributed by atoms with Crippen molar-refractivity contribution in [2.75, 3.05) is 6.54 Å². The number of hydrogen-bond donors (Lipinski definition) is 1. The Balaban J connectivity index is 2.13. The van der Waals surface area contributed by atoms with Crippen LogP contribution in [0.3, 0.4) is 0 Å². The van der Waals surface area contributed by atoms with E-state index in [0.29, 0.717) is 16.7 Å². The van der Waals surface area contributed by atoms with Crippen molar-refractivity contribution in [3.8, 4) is 11.6 Å². The van der Waals surface area contributed by atoms with Crippen molar-refractivity contribution in [1.82, 2.24) is 10.3 Å². The van der Waals surface area contributed by atoms with Gasteiger partial charge in [0.15, 0.2) is 0 Å². The average Bonchev–Trinajstić information content (AvgIpc) is 2.39. The van der Waals surface area contributed by atoms with Crippen LogP contribution in [0.15, 0.2) is 41.0 Å². The smallest absolute Gasteiger partial charge is 0.238 e. The molecule has 2 aromatic rings. The first-order valence-corrected chi connectivity index (χ1v) is 7.14. The van der Waals surface area contributed by atoms with Crippen molar-refractivity contribution < 1.29 is 4.74 Å². The molecule has 0 aliphatic carbocycles. The second-order valence-electron chi connectivity index (χ2n) is 3.97. The lowest BCUT2D eigenvalue weighted by Crippen LogP contribution is -2.11. The van der Waals surface area contributed by atoms with Crippen molar-refractivity contribution in [3.05, 3.63) is 51.6 Å². The van der Waals surface area contributed by atoms with Gasteiger partial charge in [-0.05, 0) is 36.4 Å². The van der Waals surface area contributed by atoms with Gasteiger partial charge in [0.2, 0.25) is 5.88 Å². The molecule has 0 amide bonds. The number of halogens is 2. The lowest BCUT2D eigenvalue weighted by Gasteiger charge is -2.08. The van der Waals surface area contributed by atoms with Gasteiger partial charge in [-0.1, -0.05) is 40.5 Å². The van der Waals surface area contributed by atoms with Crippen molar-refractivity contribution in [2.24, 2.45) is 0 Å². The zero-order valence-electron chi connectivity index (χ0n) is 10.5. The summed E-state index contributed by atoms with van der Waals surface area (Å²) in [6.45, 7) is 3.72. The molecule has 0 saturated carbocycles. The molecule has 1 heterocycles. The Hall–Kier alpha value is -1.10. The van der Waals surface area contributed by atoms with E-state index in [4.69, 9.17) is 16.3 Å². The minimum atomic E-state index is 0.417. The molecule has 0 unspecified atom stereocenters. The van der Waals surface area contributed by atoms with Gasteiger partial charge < -0.3 is 10.1 Å². The second-order valence-corrected chi connectivity index (χ2v) is 5.29. The normalized spacial score (nSPS) is 10.5. The van der Waals surface area contributed by atoms with Crippen LogP contribution >= 0.6 is 27.5 Å². The molecule has 0 saturated heterocycles. The van der Waals surface area contributed by atoms with Gasteiger partial charge in [-0.25, -0.2) is 4.98 Å². The number of aromatic nitrogens is 1. The van der Waals surface area contributed by atoms with E-state index in [1.807, 2.05) is 30.3 Å².